The summed E-state index contributed by atoms with van der Waals surface area (Å²) in [6.07, 6.45) is 0. The molecule has 94 valence electrons. The third-order valence-electron chi connectivity index (χ3n) is 2.43. The number of hydrogen-bond donors (Lipinski definition) is 1. The molecule has 0 saturated heterocycles. The molecule has 1 N–H and O–H groups in total. The Balaban J connectivity index is 2.25. The molecule has 0 radical (unpaired) electrons. The fraction of sp³-hybridized carbons (Fsp3) is 0.143. The average Bonchev–Trinajstić information content (AvgIpc) is 2.36. The van der Waals surface area contributed by atoms with E-state index < -0.39 is 0 Å². The van der Waals surface area contributed by atoms with Crippen LogP contribution in [0.15, 0.2) is 52.3 Å². The van der Waals surface area contributed by atoms with E-state index in [0.717, 1.165) is 15.4 Å². The minimum absolute atomic E-state index is 0.247. The minimum Gasteiger partial charge on any atom is -0.316 e. The van der Waals surface area contributed by atoms with Crippen LogP contribution in [-0.4, -0.2) is 7.05 Å². The Morgan fingerprint density at radius 1 is 1.00 bits per heavy atom. The van der Waals surface area contributed by atoms with E-state index >= 15 is 0 Å². The van der Waals surface area contributed by atoms with Crippen molar-refractivity contribution >= 4 is 11.8 Å². The molecule has 0 aliphatic heterocycles. The highest BCUT2D eigenvalue weighted by atomic mass is 32.2. The quantitative estimate of drug-likeness (QED) is 0.901. The van der Waals surface area contributed by atoms with Crippen LogP contribution in [0.2, 0.25) is 0 Å². The maximum atomic E-state index is 13.2. The Morgan fingerprint density at radius 2 is 1.67 bits per heavy atom. The molecule has 0 spiro atoms. The molecule has 0 aliphatic carbocycles. The lowest BCUT2D eigenvalue weighted by Gasteiger charge is -2.09. The van der Waals surface area contributed by atoms with Crippen molar-refractivity contribution in [2.75, 3.05) is 7.05 Å². The second kappa shape index (κ2) is 5.98. The normalized spacial score (nSPS) is 10.6. The van der Waals surface area contributed by atoms with E-state index in [4.69, 9.17) is 0 Å². The van der Waals surface area contributed by atoms with Gasteiger partial charge in [0.05, 0.1) is 0 Å². The third-order valence-corrected chi connectivity index (χ3v) is 3.56. The molecule has 0 amide bonds. The Kier molecular flexibility index (Phi) is 4.33. The van der Waals surface area contributed by atoms with Gasteiger partial charge in [0.1, 0.15) is 11.6 Å². The zero-order chi connectivity index (χ0) is 13.0. The van der Waals surface area contributed by atoms with E-state index in [1.54, 1.807) is 18.2 Å². The van der Waals surface area contributed by atoms with Crippen molar-refractivity contribution in [1.29, 1.82) is 0 Å². The van der Waals surface area contributed by atoms with E-state index in [0.29, 0.717) is 6.54 Å². The molecule has 0 bridgehead atoms. The molecule has 0 fully saturated rings. The van der Waals surface area contributed by atoms with Crippen molar-refractivity contribution in [1.82, 2.24) is 5.32 Å². The van der Waals surface area contributed by atoms with Gasteiger partial charge in [-0.15, -0.1) is 0 Å². The molecule has 0 aliphatic rings. The van der Waals surface area contributed by atoms with Crippen LogP contribution < -0.4 is 5.32 Å². The van der Waals surface area contributed by atoms with Crippen LogP contribution in [0.4, 0.5) is 8.78 Å². The van der Waals surface area contributed by atoms with Crippen LogP contribution in [0.25, 0.3) is 0 Å². The van der Waals surface area contributed by atoms with Gasteiger partial charge < -0.3 is 5.32 Å². The summed E-state index contributed by atoms with van der Waals surface area (Å²) in [5.41, 5.74) is 0.895. The molecule has 0 aromatic heterocycles. The van der Waals surface area contributed by atoms with E-state index in [9.17, 15) is 8.78 Å². The van der Waals surface area contributed by atoms with Crippen molar-refractivity contribution in [3.8, 4) is 0 Å². The van der Waals surface area contributed by atoms with Gasteiger partial charge in [-0.1, -0.05) is 11.8 Å². The summed E-state index contributed by atoms with van der Waals surface area (Å²) in [6, 6.07) is 11.0. The molecule has 18 heavy (non-hydrogen) atoms. The summed E-state index contributed by atoms with van der Waals surface area (Å²) in [5, 5.41) is 3.01. The van der Waals surface area contributed by atoms with Crippen molar-refractivity contribution in [3.05, 3.63) is 59.7 Å². The van der Waals surface area contributed by atoms with Crippen LogP contribution in [0.3, 0.4) is 0 Å². The van der Waals surface area contributed by atoms with Gasteiger partial charge in [0.2, 0.25) is 0 Å². The highest BCUT2D eigenvalue weighted by Gasteiger charge is 2.05. The molecular weight excluding hydrogens is 252 g/mol. The average molecular weight is 265 g/mol. The zero-order valence-corrected chi connectivity index (χ0v) is 10.7. The summed E-state index contributed by atoms with van der Waals surface area (Å²) < 4.78 is 26.0. The number of benzene rings is 2. The Labute approximate surface area is 109 Å². The van der Waals surface area contributed by atoms with Crippen LogP contribution in [0.1, 0.15) is 5.56 Å². The van der Waals surface area contributed by atoms with Gasteiger partial charge in [-0.05, 0) is 55.1 Å². The number of halogens is 2. The molecule has 0 unspecified atom stereocenters. The van der Waals surface area contributed by atoms with E-state index in [1.165, 1.54) is 36.0 Å². The molecule has 2 aromatic rings. The molecule has 4 heteroatoms. The van der Waals surface area contributed by atoms with Crippen molar-refractivity contribution in [2.45, 2.75) is 16.3 Å². The largest absolute Gasteiger partial charge is 0.316 e. The molecule has 0 atom stereocenters. The minimum atomic E-state index is -0.256. The van der Waals surface area contributed by atoms with Crippen LogP contribution in [-0.2, 0) is 6.54 Å². The summed E-state index contributed by atoms with van der Waals surface area (Å²) in [7, 11) is 1.82. The number of nitrogens with one attached hydrogen (secondary N) is 1. The fourth-order valence-electron chi connectivity index (χ4n) is 1.61. The topological polar surface area (TPSA) is 12.0 Å². The molecule has 2 rings (SSSR count). The van der Waals surface area contributed by atoms with E-state index in [2.05, 4.69) is 5.32 Å². The lowest BCUT2D eigenvalue weighted by atomic mass is 10.2. The maximum absolute atomic E-state index is 13.2. The summed E-state index contributed by atoms with van der Waals surface area (Å²) in [4.78, 5) is 1.90. The molecule has 0 heterocycles. The molecule has 1 nitrogen and oxygen atoms in total. The first-order valence-electron chi connectivity index (χ1n) is 5.55. The van der Waals surface area contributed by atoms with Crippen molar-refractivity contribution in [2.24, 2.45) is 0 Å². The first kappa shape index (κ1) is 13.1. The Hall–Kier alpha value is -1.39. The lowest BCUT2D eigenvalue weighted by Crippen LogP contribution is -2.06. The second-order valence-corrected chi connectivity index (χ2v) is 4.95. The van der Waals surface area contributed by atoms with Gasteiger partial charge >= 0.3 is 0 Å². The molecule has 2 aromatic carbocycles. The Bertz CT molecular complexity index is 526. The first-order valence-corrected chi connectivity index (χ1v) is 6.37. The highest BCUT2D eigenvalue weighted by molar-refractivity contribution is 7.99. The van der Waals surface area contributed by atoms with Crippen LogP contribution in [0, 0.1) is 11.6 Å². The van der Waals surface area contributed by atoms with E-state index in [-0.39, 0.29) is 11.6 Å². The lowest BCUT2D eigenvalue weighted by molar-refractivity contribution is 0.621. The Morgan fingerprint density at radius 3 is 2.33 bits per heavy atom. The smallest absolute Gasteiger partial charge is 0.123 e. The van der Waals surface area contributed by atoms with Gasteiger partial charge in [0.15, 0.2) is 0 Å². The summed E-state index contributed by atoms with van der Waals surface area (Å²) >= 11 is 1.50. The van der Waals surface area contributed by atoms with Gasteiger partial charge in [0.25, 0.3) is 0 Å². The SMILES string of the molecule is CNCc1cc(F)ccc1Sc1ccc(F)cc1. The standard InChI is InChI=1S/C14H13F2NS/c1-17-9-10-8-12(16)4-7-14(10)18-13-5-2-11(15)3-6-13/h2-8,17H,9H2,1H3. The molecular formula is C14H13F2NS. The predicted molar refractivity (Wildman–Crippen MR) is 69.7 cm³/mol. The van der Waals surface area contributed by atoms with Crippen molar-refractivity contribution < 1.29 is 8.78 Å². The number of hydrogen-bond acceptors (Lipinski definition) is 2. The summed E-state index contributed by atoms with van der Waals surface area (Å²) in [6.45, 7) is 0.599. The van der Waals surface area contributed by atoms with Gasteiger partial charge in [-0.2, -0.15) is 0 Å². The van der Waals surface area contributed by atoms with Gasteiger partial charge in [-0.3, -0.25) is 0 Å². The highest BCUT2D eigenvalue weighted by Crippen LogP contribution is 2.31. The monoisotopic (exact) mass is 265 g/mol. The van der Waals surface area contributed by atoms with Gasteiger partial charge in [0, 0.05) is 16.3 Å². The van der Waals surface area contributed by atoms with E-state index in [1.807, 2.05) is 7.05 Å². The zero-order valence-electron chi connectivity index (χ0n) is 9.91. The van der Waals surface area contributed by atoms with Gasteiger partial charge in [-0.25, -0.2) is 8.78 Å². The van der Waals surface area contributed by atoms with Crippen LogP contribution in [0.5, 0.6) is 0 Å². The summed E-state index contributed by atoms with van der Waals surface area (Å²) in [5.74, 6) is -0.502. The first-order chi connectivity index (χ1) is 8.69. The third kappa shape index (κ3) is 3.31. The van der Waals surface area contributed by atoms with Crippen molar-refractivity contribution in [3.63, 3.8) is 0 Å². The number of rotatable bonds is 4. The second-order valence-electron chi connectivity index (χ2n) is 3.84. The van der Waals surface area contributed by atoms with Crippen LogP contribution >= 0.6 is 11.8 Å². The fourth-order valence-corrected chi connectivity index (χ4v) is 2.53. The predicted octanol–water partition coefficient (Wildman–Crippen LogP) is 3.84. The molecule has 0 saturated carbocycles. The maximum Gasteiger partial charge on any atom is 0.123 e.